The molecule has 4 nitrogen and oxygen atoms in total. The van der Waals surface area contributed by atoms with Crippen molar-refractivity contribution in [2.24, 2.45) is 0 Å². The predicted octanol–water partition coefficient (Wildman–Crippen LogP) is 4.20. The molecular formula is C23H24FN3O. The van der Waals surface area contributed by atoms with E-state index in [1.54, 1.807) is 12.3 Å². The van der Waals surface area contributed by atoms with E-state index in [-0.39, 0.29) is 11.7 Å². The molecule has 2 aromatic carbocycles. The second-order valence-electron chi connectivity index (χ2n) is 7.51. The average Bonchev–Trinajstić information content (AvgIpc) is 3.39. The first-order chi connectivity index (χ1) is 13.7. The van der Waals surface area contributed by atoms with Gasteiger partial charge in [0.25, 0.3) is 0 Å². The van der Waals surface area contributed by atoms with Gasteiger partial charge in [-0.05, 0) is 47.7 Å². The zero-order chi connectivity index (χ0) is 19.4. The second kappa shape index (κ2) is 7.97. The number of carbonyl (C=O) groups excluding carboxylic acids is 1. The van der Waals surface area contributed by atoms with Gasteiger partial charge in [0, 0.05) is 18.9 Å². The Bertz CT molecular complexity index is 946. The van der Waals surface area contributed by atoms with Crippen molar-refractivity contribution >= 4 is 5.91 Å². The van der Waals surface area contributed by atoms with Gasteiger partial charge in [-0.15, -0.1) is 0 Å². The highest BCUT2D eigenvalue weighted by Gasteiger charge is 2.42. The lowest BCUT2D eigenvalue weighted by Crippen LogP contribution is -2.42. The zero-order valence-corrected chi connectivity index (χ0v) is 15.8. The van der Waals surface area contributed by atoms with Crippen LogP contribution in [0.3, 0.4) is 0 Å². The van der Waals surface area contributed by atoms with E-state index in [0.717, 1.165) is 42.4 Å². The number of benzene rings is 2. The monoisotopic (exact) mass is 377 g/mol. The molecule has 0 atom stereocenters. The lowest BCUT2D eigenvalue weighted by Gasteiger charge is -2.28. The third kappa shape index (κ3) is 3.84. The van der Waals surface area contributed by atoms with Gasteiger partial charge in [-0.25, -0.2) is 4.39 Å². The molecule has 1 heterocycles. The van der Waals surface area contributed by atoms with Crippen molar-refractivity contribution < 1.29 is 9.18 Å². The van der Waals surface area contributed by atoms with Crippen molar-refractivity contribution in [1.29, 1.82) is 0 Å². The van der Waals surface area contributed by atoms with Crippen LogP contribution in [0.15, 0.2) is 67.0 Å². The maximum Gasteiger partial charge on any atom is 0.230 e. The Labute approximate surface area is 164 Å². The highest BCUT2D eigenvalue weighted by atomic mass is 19.1. The lowest BCUT2D eigenvalue weighted by atomic mass is 9.78. The number of aromatic nitrogens is 2. The van der Waals surface area contributed by atoms with Gasteiger partial charge in [0.05, 0.1) is 12.0 Å². The molecule has 0 unspecified atom stereocenters. The molecule has 1 saturated carbocycles. The van der Waals surface area contributed by atoms with Crippen LogP contribution in [0.1, 0.15) is 42.4 Å². The van der Waals surface area contributed by atoms with Gasteiger partial charge in [-0.2, -0.15) is 5.10 Å². The third-order valence-electron chi connectivity index (χ3n) is 5.62. The number of nitrogens with one attached hydrogen (secondary N) is 1. The van der Waals surface area contributed by atoms with E-state index in [1.807, 2.05) is 35.1 Å². The molecule has 1 amide bonds. The first kappa shape index (κ1) is 18.4. The van der Waals surface area contributed by atoms with Crippen LogP contribution in [0.5, 0.6) is 0 Å². The largest absolute Gasteiger partial charge is 0.351 e. The van der Waals surface area contributed by atoms with E-state index < -0.39 is 5.41 Å². The fourth-order valence-corrected chi connectivity index (χ4v) is 4.18. The van der Waals surface area contributed by atoms with Crippen LogP contribution < -0.4 is 5.32 Å². The molecule has 1 aromatic heterocycles. The molecule has 0 bridgehead atoms. The number of halogens is 1. The van der Waals surface area contributed by atoms with Crippen LogP contribution in [0.4, 0.5) is 4.39 Å². The fraction of sp³-hybridized carbons (Fsp3) is 0.304. The standard InChI is InChI=1S/C23H24FN3O/c24-21-9-4-8-20(15-21)23(10-1-2-11-23)22(28)25-16-18-6-3-7-19(14-18)17-27-13-5-12-26-27/h3-9,12-15H,1-2,10-11,16-17H2,(H,25,28). The van der Waals surface area contributed by atoms with Crippen molar-refractivity contribution in [2.45, 2.75) is 44.2 Å². The van der Waals surface area contributed by atoms with E-state index in [1.165, 1.54) is 12.1 Å². The third-order valence-corrected chi connectivity index (χ3v) is 5.62. The normalized spacial score (nSPS) is 15.5. The molecule has 0 radical (unpaired) electrons. The van der Waals surface area contributed by atoms with Crippen LogP contribution in [0, 0.1) is 5.82 Å². The van der Waals surface area contributed by atoms with Crippen LogP contribution in [0.25, 0.3) is 0 Å². The molecular weight excluding hydrogens is 353 g/mol. The number of hydrogen-bond donors (Lipinski definition) is 1. The molecule has 1 aliphatic rings. The summed E-state index contributed by atoms with van der Waals surface area (Å²) in [6, 6.07) is 16.6. The maximum atomic E-state index is 13.8. The van der Waals surface area contributed by atoms with Crippen LogP contribution in [0.2, 0.25) is 0 Å². The number of hydrogen-bond acceptors (Lipinski definition) is 2. The van der Waals surface area contributed by atoms with Crippen molar-refractivity contribution in [1.82, 2.24) is 15.1 Å². The molecule has 1 N–H and O–H groups in total. The molecule has 4 rings (SSSR count). The summed E-state index contributed by atoms with van der Waals surface area (Å²) in [6.07, 6.45) is 7.20. The lowest BCUT2D eigenvalue weighted by molar-refractivity contribution is -0.126. The smallest absolute Gasteiger partial charge is 0.230 e. The molecule has 1 aliphatic carbocycles. The summed E-state index contributed by atoms with van der Waals surface area (Å²) < 4.78 is 15.6. The van der Waals surface area contributed by atoms with E-state index in [4.69, 9.17) is 0 Å². The quantitative estimate of drug-likeness (QED) is 0.700. The Morgan fingerprint density at radius 1 is 1.07 bits per heavy atom. The first-order valence-electron chi connectivity index (χ1n) is 9.75. The minimum Gasteiger partial charge on any atom is -0.351 e. The average molecular weight is 377 g/mol. The fourth-order valence-electron chi connectivity index (χ4n) is 4.18. The number of carbonyl (C=O) groups is 1. The van der Waals surface area contributed by atoms with Gasteiger partial charge in [-0.1, -0.05) is 49.2 Å². The van der Waals surface area contributed by atoms with Crippen molar-refractivity contribution in [3.63, 3.8) is 0 Å². The van der Waals surface area contributed by atoms with Gasteiger partial charge in [0.2, 0.25) is 5.91 Å². The van der Waals surface area contributed by atoms with Crippen LogP contribution in [-0.4, -0.2) is 15.7 Å². The summed E-state index contributed by atoms with van der Waals surface area (Å²) in [6.45, 7) is 1.16. The van der Waals surface area contributed by atoms with E-state index in [2.05, 4.69) is 22.5 Å². The molecule has 144 valence electrons. The Kier molecular flexibility index (Phi) is 5.24. The Hall–Kier alpha value is -2.95. The highest BCUT2D eigenvalue weighted by Crippen LogP contribution is 2.41. The number of amides is 1. The Morgan fingerprint density at radius 2 is 1.86 bits per heavy atom. The van der Waals surface area contributed by atoms with Crippen LogP contribution >= 0.6 is 0 Å². The summed E-state index contributed by atoms with van der Waals surface area (Å²) >= 11 is 0. The van der Waals surface area contributed by atoms with Gasteiger partial charge < -0.3 is 5.32 Å². The zero-order valence-electron chi connectivity index (χ0n) is 15.8. The highest BCUT2D eigenvalue weighted by molar-refractivity contribution is 5.88. The summed E-state index contributed by atoms with van der Waals surface area (Å²) in [7, 11) is 0. The Balaban J connectivity index is 1.47. The maximum absolute atomic E-state index is 13.8. The summed E-state index contributed by atoms with van der Waals surface area (Å²) in [5, 5.41) is 7.34. The van der Waals surface area contributed by atoms with E-state index >= 15 is 0 Å². The van der Waals surface area contributed by atoms with Gasteiger partial charge in [-0.3, -0.25) is 9.48 Å². The van der Waals surface area contributed by atoms with Gasteiger partial charge >= 0.3 is 0 Å². The SMILES string of the molecule is O=C(NCc1cccc(Cn2cccn2)c1)C1(c2cccc(F)c2)CCCC1. The minimum atomic E-state index is -0.616. The topological polar surface area (TPSA) is 46.9 Å². The van der Waals surface area contributed by atoms with Gasteiger partial charge in [0.15, 0.2) is 0 Å². The molecule has 0 aliphatic heterocycles. The molecule has 3 aromatic rings. The molecule has 28 heavy (non-hydrogen) atoms. The minimum absolute atomic E-state index is 0.00641. The molecule has 0 spiro atoms. The summed E-state index contributed by atoms with van der Waals surface area (Å²) in [4.78, 5) is 13.1. The predicted molar refractivity (Wildman–Crippen MR) is 106 cm³/mol. The second-order valence-corrected chi connectivity index (χ2v) is 7.51. The summed E-state index contributed by atoms with van der Waals surface area (Å²) in [5.74, 6) is -0.295. The summed E-state index contributed by atoms with van der Waals surface area (Å²) in [5.41, 5.74) is 2.35. The number of nitrogens with zero attached hydrogens (tertiary/aromatic N) is 2. The van der Waals surface area contributed by atoms with Crippen molar-refractivity contribution in [3.05, 3.63) is 89.5 Å². The van der Waals surface area contributed by atoms with Crippen molar-refractivity contribution in [3.8, 4) is 0 Å². The van der Waals surface area contributed by atoms with E-state index in [0.29, 0.717) is 13.1 Å². The van der Waals surface area contributed by atoms with Crippen molar-refractivity contribution in [2.75, 3.05) is 0 Å². The molecule has 0 saturated heterocycles. The van der Waals surface area contributed by atoms with Crippen LogP contribution in [-0.2, 0) is 23.3 Å². The van der Waals surface area contributed by atoms with Gasteiger partial charge in [0.1, 0.15) is 5.82 Å². The molecule has 1 fully saturated rings. The van der Waals surface area contributed by atoms with E-state index in [9.17, 15) is 9.18 Å². The number of rotatable bonds is 6. The molecule has 5 heteroatoms. The first-order valence-corrected chi connectivity index (χ1v) is 9.75. The Morgan fingerprint density at radius 3 is 2.61 bits per heavy atom.